The Hall–Kier alpha value is -2.16. The fourth-order valence-electron chi connectivity index (χ4n) is 2.09. The molecule has 0 saturated carbocycles. The highest BCUT2D eigenvalue weighted by Crippen LogP contribution is 2.36. The van der Waals surface area contributed by atoms with E-state index >= 15 is 0 Å². The van der Waals surface area contributed by atoms with Crippen molar-refractivity contribution in [1.29, 1.82) is 0 Å². The fourth-order valence-corrected chi connectivity index (χ4v) is 2.72. The number of imidazole rings is 1. The molecule has 0 radical (unpaired) electrons. The van der Waals surface area contributed by atoms with Gasteiger partial charge < -0.3 is 9.09 Å². The van der Waals surface area contributed by atoms with E-state index in [1.54, 1.807) is 11.4 Å². The van der Waals surface area contributed by atoms with Gasteiger partial charge in [-0.05, 0) is 11.4 Å². The maximum Gasteiger partial charge on any atom is 0.399 e. The topological polar surface area (TPSA) is 56.7 Å². The lowest BCUT2D eigenvalue weighted by molar-refractivity contribution is -0.153. The Bertz CT molecular complexity index is 748. The first-order chi connectivity index (χ1) is 10.4. The molecule has 1 unspecified atom stereocenters. The normalized spacial score (nSPS) is 13.5. The fraction of sp³-hybridized carbons (Fsp3) is 0.308. The van der Waals surface area contributed by atoms with Crippen LogP contribution in [0.5, 0.6) is 0 Å². The lowest BCUT2D eigenvalue weighted by atomic mass is 10.0. The molecule has 3 aromatic heterocycles. The van der Waals surface area contributed by atoms with Crippen LogP contribution >= 0.6 is 11.3 Å². The predicted octanol–water partition coefficient (Wildman–Crippen LogP) is 3.42. The van der Waals surface area contributed by atoms with E-state index in [0.29, 0.717) is 0 Å². The van der Waals surface area contributed by atoms with Gasteiger partial charge in [0.05, 0.1) is 0 Å². The molecule has 3 aromatic rings. The molecule has 0 spiro atoms. The Labute approximate surface area is 127 Å². The van der Waals surface area contributed by atoms with E-state index in [2.05, 4.69) is 15.1 Å². The van der Waals surface area contributed by atoms with E-state index in [1.165, 1.54) is 35.3 Å². The van der Waals surface area contributed by atoms with Crippen molar-refractivity contribution < 1.29 is 17.7 Å². The van der Waals surface area contributed by atoms with Gasteiger partial charge in [0.1, 0.15) is 11.7 Å². The highest BCUT2D eigenvalue weighted by molar-refractivity contribution is 7.08. The largest absolute Gasteiger partial charge is 0.399 e. The van der Waals surface area contributed by atoms with Gasteiger partial charge in [0.15, 0.2) is 0 Å². The van der Waals surface area contributed by atoms with Crippen molar-refractivity contribution in [3.63, 3.8) is 0 Å². The lowest BCUT2D eigenvalue weighted by Crippen LogP contribution is -2.25. The summed E-state index contributed by atoms with van der Waals surface area (Å²) in [5.41, 5.74) is 0.723. The average Bonchev–Trinajstić information content (AvgIpc) is 3.16. The summed E-state index contributed by atoms with van der Waals surface area (Å²) in [7, 11) is 1.52. The number of hydrogen-bond donors (Lipinski definition) is 0. The molecule has 0 aromatic carbocycles. The van der Waals surface area contributed by atoms with E-state index in [-0.39, 0.29) is 17.5 Å². The van der Waals surface area contributed by atoms with Crippen molar-refractivity contribution in [3.8, 4) is 11.4 Å². The third kappa shape index (κ3) is 2.89. The minimum atomic E-state index is -4.45. The van der Waals surface area contributed by atoms with Crippen molar-refractivity contribution in [2.75, 3.05) is 0 Å². The Balaban J connectivity index is 1.87. The SMILES string of the molecule is Cn1ccnc1C(Cc1nc(-c2ccsc2)no1)C(F)(F)F. The van der Waals surface area contributed by atoms with Crippen LogP contribution in [0.15, 0.2) is 33.7 Å². The smallest absolute Gasteiger partial charge is 0.339 e. The molecule has 0 saturated heterocycles. The Morgan fingerprint density at radius 1 is 1.41 bits per heavy atom. The number of aryl methyl sites for hydroxylation is 1. The van der Waals surface area contributed by atoms with E-state index < -0.39 is 18.5 Å². The van der Waals surface area contributed by atoms with Crippen LogP contribution in [0.3, 0.4) is 0 Å². The molecule has 3 rings (SSSR count). The number of halogens is 3. The standard InChI is InChI=1S/C13H11F3N4OS/c1-20-4-3-17-12(20)9(13(14,15)16)6-10-18-11(19-21-10)8-2-5-22-7-8/h2-5,7,9H,6H2,1H3. The van der Waals surface area contributed by atoms with Crippen LogP contribution in [-0.2, 0) is 13.5 Å². The summed E-state index contributed by atoms with van der Waals surface area (Å²) >= 11 is 1.45. The summed E-state index contributed by atoms with van der Waals surface area (Å²) in [6, 6.07) is 1.78. The summed E-state index contributed by atoms with van der Waals surface area (Å²) in [5, 5.41) is 7.35. The molecule has 9 heteroatoms. The average molecular weight is 328 g/mol. The molecule has 1 atom stereocenters. The number of nitrogens with zero attached hydrogens (tertiary/aromatic N) is 4. The van der Waals surface area contributed by atoms with Crippen LogP contribution in [0.4, 0.5) is 13.2 Å². The molecule has 3 heterocycles. The van der Waals surface area contributed by atoms with Crippen LogP contribution in [0.25, 0.3) is 11.4 Å². The molecule has 22 heavy (non-hydrogen) atoms. The number of rotatable bonds is 4. The lowest BCUT2D eigenvalue weighted by Gasteiger charge is -2.18. The van der Waals surface area contributed by atoms with Crippen molar-refractivity contribution in [2.24, 2.45) is 7.05 Å². The van der Waals surface area contributed by atoms with Gasteiger partial charge in [0, 0.05) is 36.8 Å². The van der Waals surface area contributed by atoms with Gasteiger partial charge in [0.2, 0.25) is 11.7 Å². The molecule has 0 fully saturated rings. The number of thiophene rings is 1. The number of aromatic nitrogens is 4. The molecule has 0 N–H and O–H groups in total. The highest BCUT2D eigenvalue weighted by Gasteiger charge is 2.44. The van der Waals surface area contributed by atoms with Crippen LogP contribution in [-0.4, -0.2) is 25.9 Å². The van der Waals surface area contributed by atoms with E-state index in [4.69, 9.17) is 4.52 Å². The third-order valence-corrected chi connectivity index (χ3v) is 3.87. The predicted molar refractivity (Wildman–Crippen MR) is 73.3 cm³/mol. The van der Waals surface area contributed by atoms with E-state index in [9.17, 15) is 13.2 Å². The van der Waals surface area contributed by atoms with Gasteiger partial charge in [-0.3, -0.25) is 0 Å². The summed E-state index contributed by atoms with van der Waals surface area (Å²) in [6.07, 6.45) is -2.08. The van der Waals surface area contributed by atoms with Crippen LogP contribution in [0.2, 0.25) is 0 Å². The van der Waals surface area contributed by atoms with Crippen LogP contribution in [0, 0.1) is 0 Å². The van der Waals surface area contributed by atoms with Crippen molar-refractivity contribution in [1.82, 2.24) is 19.7 Å². The molecular formula is C13H11F3N4OS. The first-order valence-electron chi connectivity index (χ1n) is 6.34. The minimum Gasteiger partial charge on any atom is -0.339 e. The molecule has 0 aliphatic carbocycles. The summed E-state index contributed by atoms with van der Waals surface area (Å²) in [6.45, 7) is 0. The highest BCUT2D eigenvalue weighted by atomic mass is 32.1. The second kappa shape index (κ2) is 5.56. The Kier molecular flexibility index (Phi) is 3.73. The van der Waals surface area contributed by atoms with Crippen molar-refractivity contribution in [2.45, 2.75) is 18.5 Å². The maximum absolute atomic E-state index is 13.3. The zero-order chi connectivity index (χ0) is 15.7. The quantitative estimate of drug-likeness (QED) is 0.736. The molecule has 5 nitrogen and oxygen atoms in total. The molecule has 0 aliphatic heterocycles. The first-order valence-corrected chi connectivity index (χ1v) is 7.28. The van der Waals surface area contributed by atoms with Gasteiger partial charge >= 0.3 is 6.18 Å². The third-order valence-electron chi connectivity index (χ3n) is 3.19. The molecular weight excluding hydrogens is 317 g/mol. The van der Waals surface area contributed by atoms with Crippen LogP contribution < -0.4 is 0 Å². The van der Waals surface area contributed by atoms with E-state index in [0.717, 1.165) is 5.56 Å². The van der Waals surface area contributed by atoms with Gasteiger partial charge in [-0.1, -0.05) is 5.16 Å². The van der Waals surface area contributed by atoms with Crippen molar-refractivity contribution in [3.05, 3.63) is 40.9 Å². The molecule has 116 valence electrons. The molecule has 0 bridgehead atoms. The monoisotopic (exact) mass is 328 g/mol. The van der Waals surface area contributed by atoms with Crippen LogP contribution in [0.1, 0.15) is 17.6 Å². The zero-order valence-corrected chi connectivity index (χ0v) is 12.2. The van der Waals surface area contributed by atoms with Gasteiger partial charge in [-0.2, -0.15) is 29.5 Å². The Morgan fingerprint density at radius 2 is 2.23 bits per heavy atom. The minimum absolute atomic E-state index is 0.0634. The molecule has 0 amide bonds. The van der Waals surface area contributed by atoms with Gasteiger partial charge in [0.25, 0.3) is 0 Å². The first kappa shape index (κ1) is 14.8. The summed E-state index contributed by atoms with van der Waals surface area (Å²) in [4.78, 5) is 7.83. The zero-order valence-electron chi connectivity index (χ0n) is 11.4. The summed E-state index contributed by atoms with van der Waals surface area (Å²) in [5.74, 6) is -1.64. The van der Waals surface area contributed by atoms with Crippen molar-refractivity contribution >= 4 is 11.3 Å². The second-order valence-electron chi connectivity index (χ2n) is 4.72. The molecule has 0 aliphatic rings. The second-order valence-corrected chi connectivity index (χ2v) is 5.50. The number of alkyl halides is 3. The maximum atomic E-state index is 13.3. The van der Waals surface area contributed by atoms with Gasteiger partial charge in [-0.25, -0.2) is 4.98 Å². The summed E-state index contributed by atoms with van der Waals surface area (Å²) < 4.78 is 46.2. The number of hydrogen-bond acceptors (Lipinski definition) is 5. The van der Waals surface area contributed by atoms with E-state index in [1.807, 2.05) is 5.38 Å². The van der Waals surface area contributed by atoms with Gasteiger partial charge in [-0.15, -0.1) is 0 Å². The Morgan fingerprint density at radius 3 is 2.82 bits per heavy atom.